The highest BCUT2D eigenvalue weighted by Gasteiger charge is 2.40. The topological polar surface area (TPSA) is 95.1 Å². The normalized spacial score (nSPS) is 24.5. The standard InChI is InChI=1S/C14H20N6O3S/c1-2-4-18-8-12(7-16-18)24(21,22)19-5-3-13-14(9-19)23-10-11-6-15-17-20(11)13/h6-8,13-14H,2-5,9-10H2,1H3/t13-,14-/m0/s1. The molecule has 130 valence electrons. The van der Waals surface area contributed by atoms with Gasteiger partial charge in [-0.1, -0.05) is 12.1 Å². The zero-order valence-electron chi connectivity index (χ0n) is 13.4. The number of aryl methyl sites for hydroxylation is 1. The van der Waals surface area contributed by atoms with Crippen LogP contribution in [0.15, 0.2) is 23.5 Å². The van der Waals surface area contributed by atoms with Crippen molar-refractivity contribution in [2.75, 3.05) is 13.1 Å². The summed E-state index contributed by atoms with van der Waals surface area (Å²) in [5, 5.41) is 12.2. The smallest absolute Gasteiger partial charge is 0.246 e. The van der Waals surface area contributed by atoms with Gasteiger partial charge < -0.3 is 4.74 Å². The van der Waals surface area contributed by atoms with E-state index in [1.54, 1.807) is 17.1 Å². The second kappa shape index (κ2) is 5.94. The van der Waals surface area contributed by atoms with E-state index in [1.165, 1.54) is 10.5 Å². The van der Waals surface area contributed by atoms with Crippen LogP contribution < -0.4 is 0 Å². The summed E-state index contributed by atoms with van der Waals surface area (Å²) in [6.45, 7) is 3.91. The van der Waals surface area contributed by atoms with Crippen molar-refractivity contribution in [1.29, 1.82) is 0 Å². The first kappa shape index (κ1) is 15.7. The van der Waals surface area contributed by atoms with Gasteiger partial charge in [0, 0.05) is 25.8 Å². The first-order valence-corrected chi connectivity index (χ1v) is 9.57. The molecule has 2 atom stereocenters. The number of hydrogen-bond donors (Lipinski definition) is 0. The second-order valence-electron chi connectivity index (χ2n) is 6.18. The molecule has 0 amide bonds. The molecule has 0 N–H and O–H groups in total. The molecule has 0 radical (unpaired) electrons. The van der Waals surface area contributed by atoms with E-state index in [4.69, 9.17) is 4.74 Å². The largest absolute Gasteiger partial charge is 0.368 e. The number of sulfonamides is 1. The molecule has 0 unspecified atom stereocenters. The van der Waals surface area contributed by atoms with E-state index in [2.05, 4.69) is 15.4 Å². The molecule has 4 heterocycles. The molecule has 0 saturated carbocycles. The van der Waals surface area contributed by atoms with E-state index in [0.717, 1.165) is 12.1 Å². The van der Waals surface area contributed by atoms with Gasteiger partial charge in [-0.05, 0) is 12.8 Å². The molecule has 0 aliphatic carbocycles. The Labute approximate surface area is 140 Å². The van der Waals surface area contributed by atoms with Crippen molar-refractivity contribution in [3.63, 3.8) is 0 Å². The van der Waals surface area contributed by atoms with E-state index in [-0.39, 0.29) is 17.0 Å². The van der Waals surface area contributed by atoms with E-state index in [0.29, 0.717) is 32.7 Å². The summed E-state index contributed by atoms with van der Waals surface area (Å²) in [6.07, 6.45) is 6.08. The Bertz CT molecular complexity index is 829. The number of hydrogen-bond acceptors (Lipinski definition) is 6. The molecule has 2 aliphatic rings. The number of aromatic nitrogens is 5. The molecule has 9 nitrogen and oxygen atoms in total. The fourth-order valence-corrected chi connectivity index (χ4v) is 4.78. The fourth-order valence-electron chi connectivity index (χ4n) is 3.36. The van der Waals surface area contributed by atoms with Crippen molar-refractivity contribution in [3.05, 3.63) is 24.3 Å². The van der Waals surface area contributed by atoms with E-state index in [1.807, 2.05) is 11.6 Å². The zero-order chi connectivity index (χ0) is 16.7. The third-order valence-electron chi connectivity index (χ3n) is 4.60. The van der Waals surface area contributed by atoms with Gasteiger partial charge in [0.1, 0.15) is 4.90 Å². The summed E-state index contributed by atoms with van der Waals surface area (Å²) in [7, 11) is -3.55. The Morgan fingerprint density at radius 2 is 2.25 bits per heavy atom. The minimum absolute atomic E-state index is 0.0468. The van der Waals surface area contributed by atoms with E-state index >= 15 is 0 Å². The highest BCUT2D eigenvalue weighted by molar-refractivity contribution is 7.89. The Hall–Kier alpha value is -1.78. The van der Waals surface area contributed by atoms with Gasteiger partial charge in [-0.15, -0.1) is 5.10 Å². The Kier molecular flexibility index (Phi) is 3.89. The molecule has 1 fully saturated rings. The maximum atomic E-state index is 12.9. The SMILES string of the molecule is CCCn1cc(S(=O)(=O)N2CC[C@H]3[C@H](C2)OCc2cnnn23)cn1. The lowest BCUT2D eigenvalue weighted by molar-refractivity contribution is -0.0544. The van der Waals surface area contributed by atoms with Crippen LogP contribution in [0.3, 0.4) is 0 Å². The maximum absolute atomic E-state index is 12.9. The van der Waals surface area contributed by atoms with Crippen LogP contribution in [0.25, 0.3) is 0 Å². The summed E-state index contributed by atoms with van der Waals surface area (Å²) in [6, 6.07) is 0.0468. The first-order chi connectivity index (χ1) is 11.6. The lowest BCUT2D eigenvalue weighted by atomic mass is 10.0. The quantitative estimate of drug-likeness (QED) is 0.791. The predicted octanol–water partition coefficient (Wildman–Crippen LogP) is 0.419. The Balaban J connectivity index is 1.54. The third kappa shape index (κ3) is 2.54. The van der Waals surface area contributed by atoms with E-state index < -0.39 is 10.0 Å². The van der Waals surface area contributed by atoms with Crippen LogP contribution in [0.4, 0.5) is 0 Å². The minimum Gasteiger partial charge on any atom is -0.368 e. The van der Waals surface area contributed by atoms with Gasteiger partial charge in [0.15, 0.2) is 0 Å². The van der Waals surface area contributed by atoms with Crippen LogP contribution in [-0.4, -0.2) is 56.7 Å². The number of rotatable bonds is 4. The molecule has 4 rings (SSSR count). The van der Waals surface area contributed by atoms with Gasteiger partial charge in [-0.2, -0.15) is 9.40 Å². The number of ether oxygens (including phenoxy) is 1. The first-order valence-electron chi connectivity index (χ1n) is 8.13. The van der Waals surface area contributed by atoms with Gasteiger partial charge >= 0.3 is 0 Å². The summed E-state index contributed by atoms with van der Waals surface area (Å²) in [4.78, 5) is 0.242. The molecule has 1 saturated heterocycles. The van der Waals surface area contributed by atoms with Crippen molar-refractivity contribution in [1.82, 2.24) is 29.1 Å². The highest BCUT2D eigenvalue weighted by Crippen LogP contribution is 2.32. The molecule has 2 aliphatic heterocycles. The molecule has 2 aromatic heterocycles. The molecule has 0 aromatic carbocycles. The van der Waals surface area contributed by atoms with Gasteiger partial charge in [-0.25, -0.2) is 13.1 Å². The number of piperidine rings is 1. The van der Waals surface area contributed by atoms with Gasteiger partial charge in [0.2, 0.25) is 10.0 Å². The monoisotopic (exact) mass is 352 g/mol. The highest BCUT2D eigenvalue weighted by atomic mass is 32.2. The average Bonchev–Trinajstić information content (AvgIpc) is 3.24. The fraction of sp³-hybridized carbons (Fsp3) is 0.643. The van der Waals surface area contributed by atoms with Crippen LogP contribution in [0.5, 0.6) is 0 Å². The Morgan fingerprint density at radius 3 is 3.08 bits per heavy atom. The lowest BCUT2D eigenvalue weighted by Crippen LogP contribution is -2.50. The summed E-state index contributed by atoms with van der Waals surface area (Å²) in [5.41, 5.74) is 0.938. The second-order valence-corrected chi connectivity index (χ2v) is 8.12. The van der Waals surface area contributed by atoms with Crippen LogP contribution in [-0.2, 0) is 27.9 Å². The molecule has 0 bridgehead atoms. The van der Waals surface area contributed by atoms with Crippen LogP contribution in [0.2, 0.25) is 0 Å². The van der Waals surface area contributed by atoms with Gasteiger partial charge in [-0.3, -0.25) is 4.68 Å². The molecule has 10 heteroatoms. The minimum atomic E-state index is -3.55. The predicted molar refractivity (Wildman–Crippen MR) is 83.5 cm³/mol. The van der Waals surface area contributed by atoms with Crippen molar-refractivity contribution in [3.8, 4) is 0 Å². The van der Waals surface area contributed by atoms with Crippen molar-refractivity contribution in [2.24, 2.45) is 0 Å². The van der Waals surface area contributed by atoms with Crippen molar-refractivity contribution >= 4 is 10.0 Å². The molecular formula is C14H20N6O3S. The lowest BCUT2D eigenvalue weighted by Gasteiger charge is -2.40. The van der Waals surface area contributed by atoms with Crippen LogP contribution in [0, 0.1) is 0 Å². The number of nitrogens with zero attached hydrogens (tertiary/aromatic N) is 6. The van der Waals surface area contributed by atoms with Crippen LogP contribution >= 0.6 is 0 Å². The molecule has 0 spiro atoms. The molecule has 24 heavy (non-hydrogen) atoms. The zero-order valence-corrected chi connectivity index (χ0v) is 14.3. The van der Waals surface area contributed by atoms with Crippen LogP contribution in [0.1, 0.15) is 31.5 Å². The van der Waals surface area contributed by atoms with Crippen molar-refractivity contribution in [2.45, 2.75) is 50.0 Å². The third-order valence-corrected chi connectivity index (χ3v) is 6.41. The van der Waals surface area contributed by atoms with Gasteiger partial charge in [0.25, 0.3) is 0 Å². The average molecular weight is 352 g/mol. The summed E-state index contributed by atoms with van der Waals surface area (Å²) in [5.74, 6) is 0. The van der Waals surface area contributed by atoms with Gasteiger partial charge in [0.05, 0.1) is 36.8 Å². The summed E-state index contributed by atoms with van der Waals surface area (Å²) < 4.78 is 36.6. The molecule has 2 aromatic rings. The number of fused-ring (bicyclic) bond motifs is 3. The van der Waals surface area contributed by atoms with Crippen molar-refractivity contribution < 1.29 is 13.2 Å². The van der Waals surface area contributed by atoms with E-state index in [9.17, 15) is 8.42 Å². The Morgan fingerprint density at radius 1 is 1.38 bits per heavy atom. The molecular weight excluding hydrogens is 332 g/mol. The maximum Gasteiger partial charge on any atom is 0.246 e. The summed E-state index contributed by atoms with van der Waals surface area (Å²) >= 11 is 0.